The van der Waals surface area contributed by atoms with E-state index in [0.29, 0.717) is 11.2 Å². The Morgan fingerprint density at radius 2 is 1.70 bits per heavy atom. The highest BCUT2D eigenvalue weighted by atomic mass is 32.2. The summed E-state index contributed by atoms with van der Waals surface area (Å²) in [4.78, 5) is 19.4. The second-order valence-corrected chi connectivity index (χ2v) is 6.30. The van der Waals surface area contributed by atoms with Crippen LogP contribution >= 0.6 is 0 Å². The van der Waals surface area contributed by atoms with Crippen LogP contribution in [0.1, 0.15) is 10.4 Å². The molecule has 8 heteroatoms. The second kappa shape index (κ2) is 5.65. The molecule has 0 radical (unpaired) electrons. The van der Waals surface area contributed by atoms with Gasteiger partial charge in [-0.25, -0.2) is 4.98 Å². The number of fused-ring (bicyclic) bond motifs is 1. The number of carbonyl (C=O) groups excluding carboxylic acids is 1. The van der Waals surface area contributed by atoms with Crippen LogP contribution in [-0.2, 0) is 10.0 Å². The van der Waals surface area contributed by atoms with Crippen LogP contribution in [0.5, 0.6) is 0 Å². The number of anilines is 1. The molecule has 7 nitrogen and oxygen atoms in total. The maximum Gasteiger partial charge on any atom is 0.280 e. The molecule has 0 fully saturated rings. The van der Waals surface area contributed by atoms with Gasteiger partial charge in [-0.1, -0.05) is 18.2 Å². The summed E-state index contributed by atoms with van der Waals surface area (Å²) in [6.07, 6.45) is 2.85. The Bertz CT molecular complexity index is 997. The number of para-hydroxylation sites is 1. The Labute approximate surface area is 132 Å². The zero-order valence-electron chi connectivity index (χ0n) is 11.8. The first-order valence-electron chi connectivity index (χ1n) is 6.60. The highest BCUT2D eigenvalue weighted by Gasteiger charge is 2.23. The first-order valence-corrected chi connectivity index (χ1v) is 8.09. The average Bonchev–Trinajstić information content (AvgIpc) is 2.55. The third-order valence-corrected chi connectivity index (χ3v) is 4.49. The highest BCUT2D eigenvalue weighted by molar-refractivity contribution is 7.92. The van der Waals surface area contributed by atoms with Gasteiger partial charge in [0.2, 0.25) is 0 Å². The van der Waals surface area contributed by atoms with Gasteiger partial charge in [-0.2, -0.15) is 8.42 Å². The number of amides is 1. The van der Waals surface area contributed by atoms with E-state index in [1.165, 1.54) is 18.3 Å². The summed E-state index contributed by atoms with van der Waals surface area (Å²) in [6.45, 7) is 0. The maximum absolute atomic E-state index is 12.6. The normalized spacial score (nSPS) is 11.3. The summed E-state index contributed by atoms with van der Waals surface area (Å²) < 4.78 is 27.5. The number of hydrogen-bond donors (Lipinski definition) is 2. The van der Waals surface area contributed by atoms with E-state index in [1.807, 2.05) is 12.1 Å². The van der Waals surface area contributed by atoms with Gasteiger partial charge >= 0.3 is 0 Å². The topological polar surface area (TPSA) is 115 Å². The molecule has 3 N–H and O–H groups in total. The van der Waals surface area contributed by atoms with E-state index in [9.17, 15) is 13.2 Å². The predicted octanol–water partition coefficient (Wildman–Crippen LogP) is 1.53. The number of primary amides is 1. The summed E-state index contributed by atoms with van der Waals surface area (Å²) in [7, 11) is -4.08. The third kappa shape index (κ3) is 2.84. The van der Waals surface area contributed by atoms with E-state index in [-0.39, 0.29) is 5.56 Å². The lowest BCUT2D eigenvalue weighted by Crippen LogP contribution is -2.21. The summed E-state index contributed by atoms with van der Waals surface area (Å²) >= 11 is 0. The Hall–Kier alpha value is -3.00. The van der Waals surface area contributed by atoms with Crippen molar-refractivity contribution in [2.24, 2.45) is 5.73 Å². The number of aromatic nitrogens is 2. The molecule has 0 aliphatic carbocycles. The minimum atomic E-state index is -4.08. The molecule has 0 bridgehead atoms. The van der Waals surface area contributed by atoms with Gasteiger partial charge in [0.05, 0.1) is 16.8 Å². The molecule has 2 aromatic heterocycles. The number of rotatable bonds is 4. The number of benzene rings is 1. The van der Waals surface area contributed by atoms with Crippen LogP contribution in [0, 0.1) is 0 Å². The van der Waals surface area contributed by atoms with Gasteiger partial charge in [0, 0.05) is 17.8 Å². The monoisotopic (exact) mass is 328 g/mol. The smallest absolute Gasteiger partial charge is 0.280 e. The molecule has 1 aromatic carbocycles. The highest BCUT2D eigenvalue weighted by Crippen LogP contribution is 2.24. The van der Waals surface area contributed by atoms with Gasteiger partial charge < -0.3 is 5.73 Å². The lowest BCUT2D eigenvalue weighted by Gasteiger charge is -2.11. The molecule has 0 aliphatic heterocycles. The number of nitrogens with two attached hydrogens (primary N) is 1. The molecule has 0 saturated heterocycles. The Morgan fingerprint density at radius 3 is 2.48 bits per heavy atom. The fourth-order valence-corrected chi connectivity index (χ4v) is 3.38. The van der Waals surface area contributed by atoms with Gasteiger partial charge in [0.1, 0.15) is 0 Å². The lowest BCUT2D eigenvalue weighted by atomic mass is 10.2. The van der Waals surface area contributed by atoms with Crippen molar-refractivity contribution in [3.8, 4) is 0 Å². The fourth-order valence-electron chi connectivity index (χ4n) is 2.17. The Balaban J connectivity index is 2.10. The number of sulfonamides is 1. The molecule has 0 unspecified atom stereocenters. The van der Waals surface area contributed by atoms with E-state index >= 15 is 0 Å². The van der Waals surface area contributed by atoms with Crippen molar-refractivity contribution in [1.29, 1.82) is 0 Å². The minimum absolute atomic E-state index is 0.173. The van der Waals surface area contributed by atoms with Crippen LogP contribution in [0.4, 0.5) is 5.69 Å². The number of nitrogens with one attached hydrogen (secondary N) is 1. The molecule has 0 spiro atoms. The van der Waals surface area contributed by atoms with Crippen LogP contribution in [0.2, 0.25) is 0 Å². The summed E-state index contributed by atoms with van der Waals surface area (Å²) in [5, 5.41) is 0.365. The second-order valence-electron chi connectivity index (χ2n) is 4.71. The van der Waals surface area contributed by atoms with Crippen molar-refractivity contribution in [1.82, 2.24) is 9.97 Å². The van der Waals surface area contributed by atoms with E-state index in [2.05, 4.69) is 14.7 Å². The minimum Gasteiger partial charge on any atom is -0.366 e. The van der Waals surface area contributed by atoms with Crippen molar-refractivity contribution in [3.63, 3.8) is 0 Å². The lowest BCUT2D eigenvalue weighted by molar-refractivity contribution is 0.0996. The van der Waals surface area contributed by atoms with Gasteiger partial charge in [-0.15, -0.1) is 0 Å². The first kappa shape index (κ1) is 14.9. The van der Waals surface area contributed by atoms with E-state index in [1.54, 1.807) is 24.4 Å². The fraction of sp³-hybridized carbons (Fsp3) is 0. The Morgan fingerprint density at radius 1 is 1.00 bits per heavy atom. The molecule has 1 amide bonds. The number of nitrogens with zero attached hydrogens (tertiary/aromatic N) is 2. The maximum atomic E-state index is 12.6. The van der Waals surface area contributed by atoms with Gasteiger partial charge in [0.15, 0.2) is 5.03 Å². The van der Waals surface area contributed by atoms with Crippen molar-refractivity contribution >= 4 is 32.5 Å². The number of carbonyl (C=O) groups is 1. The largest absolute Gasteiger partial charge is 0.366 e. The molecule has 0 atom stereocenters. The molecule has 23 heavy (non-hydrogen) atoms. The molecule has 116 valence electrons. The van der Waals surface area contributed by atoms with Crippen molar-refractivity contribution < 1.29 is 13.2 Å². The van der Waals surface area contributed by atoms with E-state index < -0.39 is 21.0 Å². The van der Waals surface area contributed by atoms with Crippen LogP contribution in [0.25, 0.3) is 10.9 Å². The standard InChI is InChI=1S/C15H12N4O3S/c16-14(20)11-6-3-9-18-15(11)23(21,22)19-12-7-1-4-10-5-2-8-17-13(10)12/h1-9,19H,(H2,16,20). The van der Waals surface area contributed by atoms with Crippen LogP contribution in [0.15, 0.2) is 59.9 Å². The van der Waals surface area contributed by atoms with Crippen LogP contribution < -0.4 is 10.5 Å². The van der Waals surface area contributed by atoms with Crippen LogP contribution in [0.3, 0.4) is 0 Å². The molecule has 0 aliphatic rings. The van der Waals surface area contributed by atoms with E-state index in [4.69, 9.17) is 5.73 Å². The molecule has 2 heterocycles. The number of hydrogen-bond acceptors (Lipinski definition) is 5. The number of pyridine rings is 2. The zero-order chi connectivity index (χ0) is 16.4. The van der Waals surface area contributed by atoms with Gasteiger partial charge in [0.25, 0.3) is 15.9 Å². The zero-order valence-corrected chi connectivity index (χ0v) is 12.6. The van der Waals surface area contributed by atoms with Gasteiger partial charge in [-0.05, 0) is 24.3 Å². The SMILES string of the molecule is NC(=O)c1cccnc1S(=O)(=O)Nc1cccc2cccnc12. The molecule has 3 rings (SSSR count). The molecular weight excluding hydrogens is 316 g/mol. The van der Waals surface area contributed by atoms with Crippen molar-refractivity contribution in [2.75, 3.05) is 4.72 Å². The first-order chi connectivity index (χ1) is 11.0. The summed E-state index contributed by atoms with van der Waals surface area (Å²) in [5.74, 6) is -0.866. The van der Waals surface area contributed by atoms with Crippen molar-refractivity contribution in [3.05, 3.63) is 60.4 Å². The van der Waals surface area contributed by atoms with E-state index in [0.717, 1.165) is 5.39 Å². The van der Waals surface area contributed by atoms with Gasteiger partial charge in [-0.3, -0.25) is 14.5 Å². The Kier molecular flexibility index (Phi) is 3.67. The van der Waals surface area contributed by atoms with Crippen molar-refractivity contribution in [2.45, 2.75) is 5.03 Å². The summed E-state index contributed by atoms with van der Waals surface area (Å²) in [5.41, 5.74) is 5.83. The average molecular weight is 328 g/mol. The molecule has 0 saturated carbocycles. The molecular formula is C15H12N4O3S. The molecule has 3 aromatic rings. The third-order valence-electron chi connectivity index (χ3n) is 3.17. The summed E-state index contributed by atoms with van der Waals surface area (Å²) in [6, 6.07) is 11.4. The predicted molar refractivity (Wildman–Crippen MR) is 85.3 cm³/mol. The quantitative estimate of drug-likeness (QED) is 0.753. The van der Waals surface area contributed by atoms with Crippen LogP contribution in [-0.4, -0.2) is 24.3 Å².